The van der Waals surface area contributed by atoms with Gasteiger partial charge in [0.1, 0.15) is 22.7 Å². The van der Waals surface area contributed by atoms with Gasteiger partial charge in [-0.15, -0.1) is 0 Å². The average Bonchev–Trinajstić information content (AvgIpc) is 3.18. The van der Waals surface area contributed by atoms with Crippen LogP contribution in [0.1, 0.15) is 0 Å². The second-order valence-electron chi connectivity index (χ2n) is 6.70. The number of benzene rings is 4. The zero-order valence-corrected chi connectivity index (χ0v) is 16.6. The van der Waals surface area contributed by atoms with Crippen LogP contribution in [0.2, 0.25) is 0 Å². The molecule has 0 N–H and O–H groups in total. The number of hydrogen-bond donors (Lipinski definition) is 0. The van der Waals surface area contributed by atoms with Crippen LogP contribution in [0, 0.1) is 20.2 Å². The van der Waals surface area contributed by atoms with Crippen LogP contribution in [-0.4, -0.2) is 9.85 Å². The Labute approximate surface area is 181 Å². The number of hydrogen-bond acceptors (Lipinski definition) is 6. The molecule has 0 amide bonds. The molecule has 5 rings (SSSR count). The molecule has 0 aliphatic carbocycles. The number of nitro benzene ring substituents is 2. The molecule has 8 heteroatoms. The first-order valence-electron chi connectivity index (χ1n) is 9.54. The number of fused-ring (bicyclic) bond motifs is 3. The smallest absolute Gasteiger partial charge is 0.270 e. The van der Waals surface area contributed by atoms with Gasteiger partial charge >= 0.3 is 0 Å². The van der Waals surface area contributed by atoms with Crippen molar-refractivity contribution < 1.29 is 19.0 Å². The minimum atomic E-state index is -0.438. The summed E-state index contributed by atoms with van der Waals surface area (Å²) in [4.78, 5) is 20.3. The van der Waals surface area contributed by atoms with Gasteiger partial charge in [0.2, 0.25) is 0 Å². The molecule has 32 heavy (non-hydrogen) atoms. The highest BCUT2D eigenvalue weighted by molar-refractivity contribution is 6.05. The third kappa shape index (κ3) is 4.54. The minimum absolute atomic E-state index is 0.0559. The fraction of sp³-hybridized carbons (Fsp3) is 0. The highest BCUT2D eigenvalue weighted by Gasteiger charge is 2.11. The van der Waals surface area contributed by atoms with E-state index >= 15 is 0 Å². The summed E-state index contributed by atoms with van der Waals surface area (Å²) in [5, 5.41) is 22.8. The summed E-state index contributed by atoms with van der Waals surface area (Å²) in [5.74, 6) is 1.29. The molecule has 0 aliphatic rings. The molecule has 5 aromatic rings. The summed E-state index contributed by atoms with van der Waals surface area (Å²) >= 11 is 0. The van der Waals surface area contributed by atoms with Gasteiger partial charge < -0.3 is 9.15 Å². The maximum atomic E-state index is 10.7. The van der Waals surface area contributed by atoms with Crippen molar-refractivity contribution in [2.75, 3.05) is 0 Å². The van der Waals surface area contributed by atoms with Gasteiger partial charge in [0.25, 0.3) is 11.4 Å². The zero-order chi connectivity index (χ0) is 22.5. The third-order valence-corrected chi connectivity index (χ3v) is 4.60. The second kappa shape index (κ2) is 8.97. The molecular formula is C24H16N2O6. The van der Waals surface area contributed by atoms with Gasteiger partial charge in [0, 0.05) is 35.0 Å². The number of ether oxygens (including phenoxy) is 1. The number of nitrogens with zero attached hydrogens (tertiary/aromatic N) is 2. The highest BCUT2D eigenvalue weighted by atomic mass is 16.6. The van der Waals surface area contributed by atoms with Gasteiger partial charge in [-0.3, -0.25) is 20.2 Å². The number of nitro groups is 2. The van der Waals surface area contributed by atoms with Crippen LogP contribution in [0.4, 0.5) is 11.4 Å². The molecule has 0 radical (unpaired) electrons. The van der Waals surface area contributed by atoms with Crippen molar-refractivity contribution in [3.8, 4) is 11.5 Å². The molecule has 0 spiro atoms. The van der Waals surface area contributed by atoms with E-state index in [1.54, 1.807) is 24.3 Å². The van der Waals surface area contributed by atoms with E-state index in [0.717, 1.165) is 16.4 Å². The lowest BCUT2D eigenvalue weighted by Gasteiger charge is -2.04. The van der Waals surface area contributed by atoms with Gasteiger partial charge in [0.15, 0.2) is 0 Å². The summed E-state index contributed by atoms with van der Waals surface area (Å²) in [6.07, 6.45) is 0. The van der Waals surface area contributed by atoms with Crippen molar-refractivity contribution in [3.05, 3.63) is 117 Å². The van der Waals surface area contributed by atoms with E-state index in [2.05, 4.69) is 0 Å². The third-order valence-electron chi connectivity index (χ3n) is 4.60. The SMILES string of the molecule is O=[N+]([O-])c1ccc(Oc2ccccc2)cc1.O=[N+]([O-])c1ccc2oc3ccccc3c2c1. The predicted octanol–water partition coefficient (Wildman–Crippen LogP) is 6.88. The summed E-state index contributed by atoms with van der Waals surface area (Å²) < 4.78 is 11.1. The summed E-state index contributed by atoms with van der Waals surface area (Å²) in [7, 11) is 0. The molecule has 158 valence electrons. The lowest BCUT2D eigenvalue weighted by atomic mass is 10.1. The van der Waals surface area contributed by atoms with E-state index in [9.17, 15) is 20.2 Å². The van der Waals surface area contributed by atoms with Crippen molar-refractivity contribution in [3.63, 3.8) is 0 Å². The fourth-order valence-electron chi connectivity index (χ4n) is 3.09. The van der Waals surface area contributed by atoms with Crippen LogP contribution >= 0.6 is 0 Å². The Morgan fingerprint density at radius 3 is 1.84 bits per heavy atom. The molecule has 8 nitrogen and oxygen atoms in total. The van der Waals surface area contributed by atoms with Crippen LogP contribution in [0.25, 0.3) is 21.9 Å². The van der Waals surface area contributed by atoms with Crippen LogP contribution in [-0.2, 0) is 0 Å². The molecule has 1 heterocycles. The van der Waals surface area contributed by atoms with Crippen LogP contribution in [0.3, 0.4) is 0 Å². The molecule has 0 atom stereocenters. The standard InChI is InChI=1S/C12H7NO3.C12H9NO3/c14-13(15)8-5-6-12-10(7-8)9-3-1-2-4-11(9)16-12;14-13(15)10-6-8-12(9-7-10)16-11-4-2-1-3-5-11/h1-7H;1-9H. The quantitative estimate of drug-likeness (QED) is 0.228. The Bertz CT molecular complexity index is 1400. The van der Waals surface area contributed by atoms with Crippen molar-refractivity contribution in [1.82, 2.24) is 0 Å². The Hall–Kier alpha value is -4.72. The van der Waals surface area contributed by atoms with Crippen molar-refractivity contribution in [2.24, 2.45) is 0 Å². The zero-order valence-electron chi connectivity index (χ0n) is 16.6. The number of furan rings is 1. The minimum Gasteiger partial charge on any atom is -0.457 e. The molecule has 0 aliphatic heterocycles. The molecule has 0 saturated carbocycles. The van der Waals surface area contributed by atoms with Gasteiger partial charge in [-0.1, -0.05) is 36.4 Å². The molecule has 0 fully saturated rings. The summed E-state index contributed by atoms with van der Waals surface area (Å²) in [5.41, 5.74) is 1.56. The van der Waals surface area contributed by atoms with E-state index in [-0.39, 0.29) is 11.4 Å². The van der Waals surface area contributed by atoms with Crippen molar-refractivity contribution in [2.45, 2.75) is 0 Å². The van der Waals surface area contributed by atoms with E-state index in [4.69, 9.17) is 9.15 Å². The molecule has 4 aromatic carbocycles. The highest BCUT2D eigenvalue weighted by Crippen LogP contribution is 2.31. The maximum absolute atomic E-state index is 10.7. The first kappa shape index (κ1) is 20.5. The van der Waals surface area contributed by atoms with Crippen molar-refractivity contribution >= 4 is 33.3 Å². The molecule has 1 aromatic heterocycles. The largest absolute Gasteiger partial charge is 0.457 e. The normalized spacial score (nSPS) is 10.4. The lowest BCUT2D eigenvalue weighted by Crippen LogP contribution is -1.88. The second-order valence-corrected chi connectivity index (χ2v) is 6.70. The average molecular weight is 428 g/mol. The van der Waals surface area contributed by atoms with Crippen molar-refractivity contribution in [1.29, 1.82) is 0 Å². The van der Waals surface area contributed by atoms with E-state index in [0.29, 0.717) is 17.1 Å². The van der Waals surface area contributed by atoms with Gasteiger partial charge in [0.05, 0.1) is 9.85 Å². The molecule has 0 saturated heterocycles. The Kier molecular flexibility index (Phi) is 5.76. The number of para-hydroxylation sites is 2. The Morgan fingerprint density at radius 1 is 0.594 bits per heavy atom. The lowest BCUT2D eigenvalue weighted by molar-refractivity contribution is -0.385. The summed E-state index contributed by atoms with van der Waals surface area (Å²) in [6.45, 7) is 0. The monoisotopic (exact) mass is 428 g/mol. The van der Waals surface area contributed by atoms with E-state index in [1.165, 1.54) is 18.2 Å². The topological polar surface area (TPSA) is 109 Å². The van der Waals surface area contributed by atoms with Gasteiger partial charge in [-0.05, 0) is 36.4 Å². The van der Waals surface area contributed by atoms with Gasteiger partial charge in [-0.2, -0.15) is 0 Å². The number of non-ortho nitro benzene ring substituents is 2. The fourth-order valence-corrected chi connectivity index (χ4v) is 3.09. The van der Waals surface area contributed by atoms with Gasteiger partial charge in [-0.25, -0.2) is 0 Å². The predicted molar refractivity (Wildman–Crippen MR) is 120 cm³/mol. The number of rotatable bonds is 4. The Balaban J connectivity index is 0.000000153. The summed E-state index contributed by atoms with van der Waals surface area (Å²) in [6, 6.07) is 27.4. The van der Waals surface area contributed by atoms with E-state index in [1.807, 2.05) is 54.6 Å². The molecule has 0 bridgehead atoms. The Morgan fingerprint density at radius 2 is 1.16 bits per heavy atom. The molecule has 0 unspecified atom stereocenters. The van der Waals surface area contributed by atoms with E-state index < -0.39 is 9.85 Å². The molecular weight excluding hydrogens is 412 g/mol. The van der Waals surface area contributed by atoms with Crippen LogP contribution < -0.4 is 4.74 Å². The maximum Gasteiger partial charge on any atom is 0.270 e. The first-order chi connectivity index (χ1) is 15.5. The van der Waals surface area contributed by atoms with Crippen LogP contribution in [0.15, 0.2) is 101 Å². The first-order valence-corrected chi connectivity index (χ1v) is 9.54. The van der Waals surface area contributed by atoms with Crippen LogP contribution in [0.5, 0.6) is 11.5 Å².